The van der Waals surface area contributed by atoms with E-state index in [9.17, 15) is 9.59 Å². The number of nitrogens with zero attached hydrogens (tertiary/aromatic N) is 4. The first-order valence-corrected chi connectivity index (χ1v) is 13.2. The lowest BCUT2D eigenvalue weighted by molar-refractivity contribution is -0.122. The molecule has 5 rings (SSSR count). The van der Waals surface area contributed by atoms with Crippen LogP contribution in [0.4, 0.5) is 5.82 Å². The summed E-state index contributed by atoms with van der Waals surface area (Å²) in [6, 6.07) is 15.6. The molecule has 2 aliphatic heterocycles. The molecule has 180 valence electrons. The summed E-state index contributed by atoms with van der Waals surface area (Å²) in [5, 5.41) is 0. The van der Waals surface area contributed by atoms with Crippen molar-refractivity contribution in [3.63, 3.8) is 0 Å². The van der Waals surface area contributed by atoms with Gasteiger partial charge in [0.05, 0.1) is 10.5 Å². The second kappa shape index (κ2) is 9.95. The molecule has 1 amide bonds. The number of pyridine rings is 1. The summed E-state index contributed by atoms with van der Waals surface area (Å²) in [7, 11) is 0. The van der Waals surface area contributed by atoms with Crippen molar-refractivity contribution in [2.75, 3.05) is 24.5 Å². The van der Waals surface area contributed by atoms with Gasteiger partial charge in [-0.2, -0.15) is 0 Å². The van der Waals surface area contributed by atoms with E-state index in [1.807, 2.05) is 48.5 Å². The normalized spacial score (nSPS) is 21.9. The molecule has 0 bridgehead atoms. The summed E-state index contributed by atoms with van der Waals surface area (Å²) in [5.41, 5.74) is 2.02. The predicted octanol–water partition coefficient (Wildman–Crippen LogP) is 4.62. The van der Waals surface area contributed by atoms with Gasteiger partial charge in [0, 0.05) is 25.8 Å². The third kappa shape index (κ3) is 4.90. The fourth-order valence-electron chi connectivity index (χ4n) is 5.00. The van der Waals surface area contributed by atoms with Crippen LogP contribution in [0.3, 0.4) is 0 Å². The summed E-state index contributed by atoms with van der Waals surface area (Å²) in [6.07, 6.45) is 5.29. The Morgan fingerprint density at radius 1 is 1.06 bits per heavy atom. The van der Waals surface area contributed by atoms with Crippen LogP contribution in [-0.4, -0.2) is 44.1 Å². The molecule has 1 aromatic carbocycles. The minimum Gasteiger partial charge on any atom is -0.355 e. The predicted molar refractivity (Wildman–Crippen MR) is 147 cm³/mol. The van der Waals surface area contributed by atoms with Crippen molar-refractivity contribution in [1.29, 1.82) is 0 Å². The maximum atomic E-state index is 13.6. The van der Waals surface area contributed by atoms with E-state index in [2.05, 4.69) is 18.7 Å². The summed E-state index contributed by atoms with van der Waals surface area (Å²) in [6.45, 7) is 6.63. The molecule has 0 aliphatic carbocycles. The van der Waals surface area contributed by atoms with Crippen molar-refractivity contribution < 1.29 is 4.79 Å². The van der Waals surface area contributed by atoms with E-state index in [1.54, 1.807) is 21.6 Å². The number of anilines is 1. The second-order valence-corrected chi connectivity index (χ2v) is 11.2. The quantitative estimate of drug-likeness (QED) is 0.373. The van der Waals surface area contributed by atoms with Crippen molar-refractivity contribution in [3.05, 3.63) is 81.1 Å². The number of carbonyl (C=O) groups is 1. The number of carbonyl (C=O) groups excluding carboxylic acids is 1. The van der Waals surface area contributed by atoms with Crippen LogP contribution in [0.1, 0.15) is 31.4 Å². The number of fused-ring (bicyclic) bond motifs is 1. The van der Waals surface area contributed by atoms with Gasteiger partial charge in [-0.25, -0.2) is 4.98 Å². The summed E-state index contributed by atoms with van der Waals surface area (Å²) >= 11 is 6.80. The molecule has 8 heteroatoms. The third-order valence-corrected chi connectivity index (χ3v) is 7.91. The minimum absolute atomic E-state index is 0.153. The van der Waals surface area contributed by atoms with Crippen molar-refractivity contribution in [1.82, 2.24) is 14.3 Å². The van der Waals surface area contributed by atoms with Crippen LogP contribution in [0.2, 0.25) is 0 Å². The van der Waals surface area contributed by atoms with E-state index in [4.69, 9.17) is 17.2 Å². The molecule has 0 radical (unpaired) electrons. The Kier molecular flexibility index (Phi) is 6.75. The second-order valence-electron chi connectivity index (χ2n) is 9.50. The molecular formula is C27H28N4O2S2. The number of hydrogen-bond acceptors (Lipinski definition) is 6. The molecule has 2 aromatic heterocycles. The van der Waals surface area contributed by atoms with Gasteiger partial charge in [-0.05, 0) is 48.4 Å². The van der Waals surface area contributed by atoms with E-state index < -0.39 is 0 Å². The molecule has 0 spiro atoms. The number of hydrogen-bond donors (Lipinski definition) is 0. The Bertz CT molecular complexity index is 1360. The first kappa shape index (κ1) is 23.8. The van der Waals surface area contributed by atoms with Gasteiger partial charge in [0.15, 0.2) is 0 Å². The highest BCUT2D eigenvalue weighted by atomic mass is 32.2. The highest BCUT2D eigenvalue weighted by Gasteiger charge is 2.33. The van der Waals surface area contributed by atoms with Gasteiger partial charge in [0.2, 0.25) is 0 Å². The lowest BCUT2D eigenvalue weighted by Crippen LogP contribution is -2.40. The van der Waals surface area contributed by atoms with Crippen LogP contribution in [-0.2, 0) is 11.2 Å². The van der Waals surface area contributed by atoms with E-state index in [0.29, 0.717) is 44.6 Å². The van der Waals surface area contributed by atoms with Crippen molar-refractivity contribution in [3.8, 4) is 0 Å². The number of aromatic nitrogens is 2. The summed E-state index contributed by atoms with van der Waals surface area (Å²) in [5.74, 6) is 1.49. The Hall–Kier alpha value is -2.97. The Labute approximate surface area is 214 Å². The smallest absolute Gasteiger partial charge is 0.267 e. The van der Waals surface area contributed by atoms with Gasteiger partial charge in [0.1, 0.15) is 15.8 Å². The van der Waals surface area contributed by atoms with Gasteiger partial charge < -0.3 is 4.90 Å². The van der Waals surface area contributed by atoms with E-state index in [-0.39, 0.29) is 11.5 Å². The van der Waals surface area contributed by atoms with Crippen LogP contribution < -0.4 is 10.5 Å². The molecule has 0 saturated carbocycles. The fourth-order valence-corrected chi connectivity index (χ4v) is 6.29. The molecule has 4 heterocycles. The van der Waals surface area contributed by atoms with Gasteiger partial charge in [-0.3, -0.25) is 18.9 Å². The maximum Gasteiger partial charge on any atom is 0.267 e. The number of rotatable bonds is 5. The minimum atomic E-state index is -0.175. The number of piperidine rings is 1. The van der Waals surface area contributed by atoms with Crippen LogP contribution >= 0.6 is 24.0 Å². The zero-order valence-corrected chi connectivity index (χ0v) is 21.5. The first-order chi connectivity index (χ1) is 16.9. The monoisotopic (exact) mass is 504 g/mol. The molecule has 3 aromatic rings. The molecule has 0 N–H and O–H groups in total. The van der Waals surface area contributed by atoms with Gasteiger partial charge in [-0.15, -0.1) is 0 Å². The Morgan fingerprint density at radius 2 is 1.77 bits per heavy atom. The zero-order chi connectivity index (χ0) is 24.5. The number of benzene rings is 1. The van der Waals surface area contributed by atoms with Crippen LogP contribution in [0.25, 0.3) is 11.7 Å². The average Bonchev–Trinajstić information content (AvgIpc) is 3.11. The molecular weight excluding hydrogens is 476 g/mol. The average molecular weight is 505 g/mol. The van der Waals surface area contributed by atoms with Crippen molar-refractivity contribution >= 4 is 51.7 Å². The molecule has 6 nitrogen and oxygen atoms in total. The lowest BCUT2D eigenvalue weighted by atomic mass is 9.91. The number of thiocarbonyl (C=S) groups is 1. The SMILES string of the molecule is C[C@H]1C[C@H](C)CN(c2nc3ccccn3c(=O)c2/C=C2\SC(=S)N(CCc3ccccc3)C2=O)C1. The number of thioether (sulfide) groups is 1. The van der Waals surface area contributed by atoms with Gasteiger partial charge >= 0.3 is 0 Å². The zero-order valence-electron chi connectivity index (χ0n) is 19.9. The van der Waals surface area contributed by atoms with E-state index in [0.717, 1.165) is 31.5 Å². The molecule has 2 atom stereocenters. The summed E-state index contributed by atoms with van der Waals surface area (Å²) in [4.78, 5) is 36.1. The standard InChI is InChI=1S/C27H28N4O2S2/c1-18-14-19(2)17-29(16-18)24-21(25(32)30-12-7-6-10-23(30)28-24)15-22-26(33)31(27(34)35-22)13-11-20-8-4-3-5-9-20/h3-10,12,15,18-19H,11,13-14,16-17H2,1-2H3/b22-15-/t18-,19-/m0/s1. The molecule has 2 saturated heterocycles. The van der Waals surface area contributed by atoms with Gasteiger partial charge in [0.25, 0.3) is 11.5 Å². The summed E-state index contributed by atoms with van der Waals surface area (Å²) < 4.78 is 2.07. The lowest BCUT2D eigenvalue weighted by Gasteiger charge is -2.36. The maximum absolute atomic E-state index is 13.6. The van der Waals surface area contributed by atoms with Gasteiger partial charge in [-0.1, -0.05) is 74.2 Å². The molecule has 2 aliphatic rings. The Balaban J connectivity index is 1.51. The third-order valence-electron chi connectivity index (χ3n) is 6.53. The van der Waals surface area contributed by atoms with Crippen LogP contribution in [0.5, 0.6) is 0 Å². The number of amides is 1. The van der Waals surface area contributed by atoms with E-state index >= 15 is 0 Å². The first-order valence-electron chi connectivity index (χ1n) is 12.0. The highest BCUT2D eigenvalue weighted by Crippen LogP contribution is 2.34. The molecule has 35 heavy (non-hydrogen) atoms. The highest BCUT2D eigenvalue weighted by molar-refractivity contribution is 8.26. The molecule has 0 unspecified atom stereocenters. The van der Waals surface area contributed by atoms with E-state index in [1.165, 1.54) is 11.8 Å². The largest absolute Gasteiger partial charge is 0.355 e. The Morgan fingerprint density at radius 3 is 2.51 bits per heavy atom. The van der Waals surface area contributed by atoms with Crippen LogP contribution in [0.15, 0.2) is 64.4 Å². The molecule has 2 fully saturated rings. The van der Waals surface area contributed by atoms with Crippen LogP contribution in [0, 0.1) is 11.8 Å². The van der Waals surface area contributed by atoms with Crippen molar-refractivity contribution in [2.24, 2.45) is 11.8 Å². The van der Waals surface area contributed by atoms with Crippen molar-refractivity contribution in [2.45, 2.75) is 26.7 Å². The topological polar surface area (TPSA) is 57.9 Å². The fraction of sp³-hybridized carbons (Fsp3) is 0.333.